The Morgan fingerprint density at radius 2 is 2.23 bits per heavy atom. The van der Waals surface area contributed by atoms with Gasteiger partial charge in [-0.05, 0) is 51.1 Å². The molecule has 68 valence electrons. The number of halogens is 2. The fourth-order valence-corrected chi connectivity index (χ4v) is 4.38. The highest BCUT2D eigenvalue weighted by atomic mass is 127. The Morgan fingerprint density at radius 1 is 1.46 bits per heavy atom. The van der Waals surface area contributed by atoms with E-state index >= 15 is 0 Å². The highest BCUT2D eigenvalue weighted by Gasteiger charge is 2.06. The van der Waals surface area contributed by atoms with Crippen molar-refractivity contribution in [1.29, 1.82) is 0 Å². The van der Waals surface area contributed by atoms with Crippen LogP contribution >= 0.6 is 62.5 Å². The molecule has 1 heterocycles. The zero-order valence-corrected chi connectivity index (χ0v) is 12.0. The van der Waals surface area contributed by atoms with E-state index in [4.69, 9.17) is 0 Å². The first-order valence-corrected chi connectivity index (χ1v) is 7.19. The topological polar surface area (TPSA) is 0 Å². The molecule has 0 atom stereocenters. The number of hydrogen-bond acceptors (Lipinski definition) is 2. The van der Waals surface area contributed by atoms with Crippen LogP contribution in [0.4, 0.5) is 0 Å². The van der Waals surface area contributed by atoms with Gasteiger partial charge >= 0.3 is 0 Å². The largest absolute Gasteiger partial charge is 0.143 e. The Kier molecular flexibility index (Phi) is 3.22. The predicted molar refractivity (Wildman–Crippen MR) is 74.4 cm³/mol. The van der Waals surface area contributed by atoms with Gasteiger partial charge in [0.25, 0.3) is 0 Å². The van der Waals surface area contributed by atoms with Gasteiger partial charge in [-0.2, -0.15) is 0 Å². The van der Waals surface area contributed by atoms with Crippen LogP contribution in [0.25, 0.3) is 10.1 Å². The second-order valence-electron chi connectivity index (χ2n) is 2.70. The SMILES string of the molecule is Sc1cc(I)c2scc(CBr)c2c1. The Labute approximate surface area is 108 Å². The first-order chi connectivity index (χ1) is 6.22. The first-order valence-electron chi connectivity index (χ1n) is 3.67. The van der Waals surface area contributed by atoms with Crippen molar-refractivity contribution in [3.05, 3.63) is 26.6 Å². The number of rotatable bonds is 1. The molecule has 0 nitrogen and oxygen atoms in total. The number of hydrogen-bond donors (Lipinski definition) is 1. The monoisotopic (exact) mass is 384 g/mol. The van der Waals surface area contributed by atoms with E-state index in [1.807, 2.05) is 0 Å². The maximum absolute atomic E-state index is 4.38. The molecule has 0 spiro atoms. The lowest BCUT2D eigenvalue weighted by Gasteiger charge is -1.98. The van der Waals surface area contributed by atoms with Crippen molar-refractivity contribution in [3.8, 4) is 0 Å². The van der Waals surface area contributed by atoms with E-state index in [1.54, 1.807) is 11.3 Å². The molecular formula is C9H6BrIS2. The minimum atomic E-state index is 0.917. The molecule has 0 saturated carbocycles. The van der Waals surface area contributed by atoms with E-state index in [2.05, 4.69) is 68.7 Å². The fraction of sp³-hybridized carbons (Fsp3) is 0.111. The van der Waals surface area contributed by atoms with Gasteiger partial charge in [0.15, 0.2) is 0 Å². The zero-order chi connectivity index (χ0) is 9.42. The quantitative estimate of drug-likeness (QED) is 0.411. The van der Waals surface area contributed by atoms with Crippen LogP contribution in [-0.2, 0) is 5.33 Å². The summed E-state index contributed by atoms with van der Waals surface area (Å²) in [5, 5.41) is 4.45. The summed E-state index contributed by atoms with van der Waals surface area (Å²) in [7, 11) is 0. The standard InChI is InChI=1S/C9H6BrIS2/c10-3-5-4-13-9-7(5)1-6(12)2-8(9)11/h1-2,4,12H,3H2. The van der Waals surface area contributed by atoms with E-state index in [-0.39, 0.29) is 0 Å². The molecule has 0 amide bonds. The number of thiol groups is 1. The maximum Gasteiger partial charge on any atom is 0.0480 e. The third-order valence-electron chi connectivity index (χ3n) is 1.84. The van der Waals surface area contributed by atoms with Crippen LogP contribution in [0.3, 0.4) is 0 Å². The molecule has 1 aromatic carbocycles. The van der Waals surface area contributed by atoms with Crippen LogP contribution in [0.15, 0.2) is 22.4 Å². The summed E-state index contributed by atoms with van der Waals surface area (Å²) in [6.07, 6.45) is 0. The third-order valence-corrected chi connectivity index (χ3v) is 4.99. The van der Waals surface area contributed by atoms with E-state index in [0.29, 0.717) is 0 Å². The first kappa shape index (κ1) is 10.3. The van der Waals surface area contributed by atoms with Gasteiger partial charge in [0.2, 0.25) is 0 Å². The smallest absolute Gasteiger partial charge is 0.0480 e. The van der Waals surface area contributed by atoms with Gasteiger partial charge < -0.3 is 0 Å². The average Bonchev–Trinajstić information content (AvgIpc) is 2.47. The molecule has 0 aliphatic carbocycles. The molecule has 0 aliphatic heterocycles. The molecule has 2 rings (SSSR count). The number of thiophene rings is 1. The third kappa shape index (κ3) is 1.91. The molecule has 2 aromatic rings. The number of fused-ring (bicyclic) bond motifs is 1. The van der Waals surface area contributed by atoms with Crippen molar-refractivity contribution in [2.24, 2.45) is 0 Å². The molecule has 0 unspecified atom stereocenters. The van der Waals surface area contributed by atoms with Crippen molar-refractivity contribution in [2.75, 3.05) is 0 Å². The van der Waals surface area contributed by atoms with Crippen molar-refractivity contribution in [3.63, 3.8) is 0 Å². The minimum absolute atomic E-state index is 0.917. The number of alkyl halides is 1. The lowest BCUT2D eigenvalue weighted by Crippen LogP contribution is -1.76. The summed E-state index contributed by atoms with van der Waals surface area (Å²) in [5.41, 5.74) is 1.36. The molecule has 0 radical (unpaired) electrons. The lowest BCUT2D eigenvalue weighted by molar-refractivity contribution is 1.47. The van der Waals surface area contributed by atoms with Gasteiger partial charge in [0.05, 0.1) is 0 Å². The minimum Gasteiger partial charge on any atom is -0.143 e. The summed E-state index contributed by atoms with van der Waals surface area (Å²) in [6, 6.07) is 4.23. The second-order valence-corrected chi connectivity index (χ2v) is 5.82. The van der Waals surface area contributed by atoms with Gasteiger partial charge in [0, 0.05) is 18.5 Å². The Morgan fingerprint density at radius 3 is 2.92 bits per heavy atom. The van der Waals surface area contributed by atoms with Crippen molar-refractivity contribution < 1.29 is 0 Å². The fourth-order valence-electron chi connectivity index (χ4n) is 1.23. The van der Waals surface area contributed by atoms with E-state index in [1.165, 1.54) is 19.2 Å². The van der Waals surface area contributed by atoms with Gasteiger partial charge in [0.1, 0.15) is 0 Å². The molecule has 0 bridgehead atoms. The molecule has 0 N–H and O–H groups in total. The van der Waals surface area contributed by atoms with Gasteiger partial charge in [-0.25, -0.2) is 0 Å². The predicted octanol–water partition coefficient (Wildman–Crippen LogP) is 4.69. The second kappa shape index (κ2) is 4.08. The molecule has 0 saturated heterocycles. The van der Waals surface area contributed by atoms with Crippen molar-refractivity contribution in [2.45, 2.75) is 10.2 Å². The van der Waals surface area contributed by atoms with Crippen LogP contribution in [0, 0.1) is 3.57 Å². The summed E-state index contributed by atoms with van der Waals surface area (Å²) >= 11 is 12.0. The molecule has 1 aromatic heterocycles. The molecule has 0 aliphatic rings. The Bertz CT molecular complexity index is 450. The molecule has 13 heavy (non-hydrogen) atoms. The summed E-state index contributed by atoms with van der Waals surface area (Å²) in [5.74, 6) is 0. The number of benzene rings is 1. The molecular weight excluding hydrogens is 379 g/mol. The lowest BCUT2D eigenvalue weighted by atomic mass is 10.2. The average molecular weight is 385 g/mol. The molecule has 4 heteroatoms. The Hall–Kier alpha value is 0.740. The van der Waals surface area contributed by atoms with Gasteiger partial charge in [-0.15, -0.1) is 24.0 Å². The van der Waals surface area contributed by atoms with Crippen LogP contribution < -0.4 is 0 Å². The van der Waals surface area contributed by atoms with Gasteiger partial charge in [-0.1, -0.05) is 15.9 Å². The highest BCUT2D eigenvalue weighted by molar-refractivity contribution is 14.1. The highest BCUT2D eigenvalue weighted by Crippen LogP contribution is 2.33. The van der Waals surface area contributed by atoms with Crippen LogP contribution in [0.1, 0.15) is 5.56 Å². The van der Waals surface area contributed by atoms with E-state index < -0.39 is 0 Å². The van der Waals surface area contributed by atoms with Crippen molar-refractivity contribution in [1.82, 2.24) is 0 Å². The Balaban J connectivity index is 2.82. The van der Waals surface area contributed by atoms with Crippen LogP contribution in [0.2, 0.25) is 0 Å². The zero-order valence-electron chi connectivity index (χ0n) is 6.55. The van der Waals surface area contributed by atoms with E-state index in [0.717, 1.165) is 10.2 Å². The van der Waals surface area contributed by atoms with E-state index in [9.17, 15) is 0 Å². The van der Waals surface area contributed by atoms with Crippen molar-refractivity contribution >= 4 is 72.6 Å². The van der Waals surface area contributed by atoms with Gasteiger partial charge in [-0.3, -0.25) is 0 Å². The van der Waals surface area contributed by atoms with Crippen LogP contribution in [-0.4, -0.2) is 0 Å². The maximum atomic E-state index is 4.38. The summed E-state index contributed by atoms with van der Waals surface area (Å²) in [4.78, 5) is 1.04. The molecule has 0 fully saturated rings. The summed E-state index contributed by atoms with van der Waals surface area (Å²) < 4.78 is 2.66. The van der Waals surface area contributed by atoms with Crippen LogP contribution in [0.5, 0.6) is 0 Å². The summed E-state index contributed by atoms with van der Waals surface area (Å²) in [6.45, 7) is 0. The normalized spacial score (nSPS) is 11.0.